The van der Waals surface area contributed by atoms with Gasteiger partial charge in [0, 0.05) is 0 Å². The van der Waals surface area contributed by atoms with E-state index in [0.29, 0.717) is 0 Å². The van der Waals surface area contributed by atoms with Crippen LogP contribution in [0.25, 0.3) is 0 Å². The van der Waals surface area contributed by atoms with Crippen molar-refractivity contribution < 1.29 is 29.6 Å². The normalized spacial score (nSPS) is 5.00. The fourth-order valence-corrected chi connectivity index (χ4v) is 0.0964. The van der Waals surface area contributed by atoms with E-state index in [1.165, 1.54) is 6.19 Å². The van der Waals surface area contributed by atoms with Gasteiger partial charge in [-0.3, -0.25) is 0 Å². The summed E-state index contributed by atoms with van der Waals surface area (Å²) in [7, 11) is 0. The van der Waals surface area contributed by atoms with Gasteiger partial charge in [0.1, 0.15) is 0 Å². The van der Waals surface area contributed by atoms with Gasteiger partial charge in [0.25, 0.3) is 0 Å². The summed E-state index contributed by atoms with van der Waals surface area (Å²) in [5, 5.41) is 15.7. The first-order chi connectivity index (χ1) is 2.77. The zero-order valence-electron chi connectivity index (χ0n) is 3.86. The summed E-state index contributed by atoms with van der Waals surface area (Å²) in [6, 6.07) is 0. The molecule has 32 valence electrons. The summed E-state index contributed by atoms with van der Waals surface area (Å²) in [6.07, 6.45) is 1.49. The molecular weight excluding hydrogens is 121 g/mol. The van der Waals surface area contributed by atoms with Crippen LogP contribution in [0.4, 0.5) is 0 Å². The second kappa shape index (κ2) is 6.18. The molecule has 0 heterocycles. The first-order valence-corrected chi connectivity index (χ1v) is 1.59. The minimum Gasteiger partial charge on any atom is -0.742 e. The van der Waals surface area contributed by atoms with Crippen LogP contribution in [0.1, 0.15) is 0 Å². The quantitative estimate of drug-likeness (QED) is 0.0879. The number of nitrogens with one attached hydrogen (secondary N) is 2. The monoisotopic (exact) mass is 123 g/mol. The summed E-state index contributed by atoms with van der Waals surface area (Å²) in [4.78, 5) is 0. The van der Waals surface area contributed by atoms with Gasteiger partial charge < -0.3 is 23.4 Å². The minimum absolute atomic E-state index is 0. The molecule has 0 aromatic rings. The maximum Gasteiger partial charge on any atom is 1.00 e. The van der Waals surface area contributed by atoms with Gasteiger partial charge in [0.15, 0.2) is 6.19 Å². The van der Waals surface area contributed by atoms with Crippen molar-refractivity contribution >= 4 is 17.8 Å². The maximum absolute atomic E-state index is 7.67. The molecule has 0 saturated carbocycles. The zero-order chi connectivity index (χ0) is 4.99. The van der Waals surface area contributed by atoms with Crippen molar-refractivity contribution in [3.63, 3.8) is 0 Å². The summed E-state index contributed by atoms with van der Waals surface area (Å²) in [5.41, 5.74) is 0. The molecule has 0 aromatic heterocycles. The van der Waals surface area contributed by atoms with E-state index in [0.717, 1.165) is 0 Å². The predicted octanol–water partition coefficient (Wildman–Crippen LogP) is -3.46. The van der Waals surface area contributed by atoms with E-state index in [2.05, 4.69) is 12.6 Å². The molecule has 0 aromatic carbocycles. The average Bonchev–Trinajstić information content (AvgIpc) is 1.35. The molecule has 2 N–H and O–H groups in total. The molecule has 3 nitrogen and oxygen atoms in total. The Morgan fingerprint density at radius 1 is 1.86 bits per heavy atom. The van der Waals surface area contributed by atoms with Crippen LogP contribution in [0.5, 0.6) is 0 Å². The Bertz CT molecular complexity index is 95.6. The van der Waals surface area contributed by atoms with Crippen LogP contribution in [0, 0.1) is 16.9 Å². The van der Waals surface area contributed by atoms with Gasteiger partial charge in [-0.05, 0) is 5.17 Å². The number of nitrogens with zero attached hydrogens (tertiary/aromatic N) is 1. The van der Waals surface area contributed by atoms with Gasteiger partial charge in [-0.1, -0.05) is 0 Å². The van der Waals surface area contributed by atoms with Crippen molar-refractivity contribution in [3.05, 3.63) is 0 Å². The Labute approximate surface area is 69.3 Å². The largest absolute Gasteiger partial charge is 1.00 e. The molecule has 0 unspecified atom stereocenters. The third-order valence-electron chi connectivity index (χ3n) is 0.169. The van der Waals surface area contributed by atoms with Crippen molar-refractivity contribution in [3.8, 4) is 6.19 Å². The summed E-state index contributed by atoms with van der Waals surface area (Å²) in [5.74, 6) is 0. The van der Waals surface area contributed by atoms with E-state index in [4.69, 9.17) is 10.7 Å². The van der Waals surface area contributed by atoms with E-state index in [1.54, 1.807) is 0 Å². The summed E-state index contributed by atoms with van der Waals surface area (Å²) < 4.78 is 0. The van der Waals surface area contributed by atoms with E-state index in [1.807, 2.05) is 5.32 Å². The van der Waals surface area contributed by atoms with Gasteiger partial charge in [-0.2, -0.15) is 5.26 Å². The Kier molecular flexibility index (Phi) is 9.02. The molecule has 0 atom stereocenters. The molecule has 0 aliphatic heterocycles. The van der Waals surface area contributed by atoms with Crippen LogP contribution >= 0.6 is 0 Å². The molecule has 0 spiro atoms. The fraction of sp³-hybridized carbons (Fsp3) is 0. The second-order valence-corrected chi connectivity index (χ2v) is 0.974. The molecule has 0 rings (SSSR count). The smallest absolute Gasteiger partial charge is 0.742 e. The molecule has 0 fully saturated rings. The Hall–Kier alpha value is 0.180. The predicted molar refractivity (Wildman–Crippen MR) is 23.8 cm³/mol. The van der Waals surface area contributed by atoms with Crippen LogP contribution in [0.2, 0.25) is 0 Å². The van der Waals surface area contributed by atoms with Crippen molar-refractivity contribution in [2.24, 2.45) is 0 Å². The standard InChI is InChI=1S/C2H3N3S.Na/c3-1-5-2(4)6;/h(H3,4,5,6);/q;+1/p-1. The topological polar surface area (TPSA) is 59.7 Å². The van der Waals surface area contributed by atoms with E-state index < -0.39 is 0 Å². The molecule has 0 radical (unpaired) electrons. The van der Waals surface area contributed by atoms with Crippen molar-refractivity contribution in [2.75, 3.05) is 0 Å². The van der Waals surface area contributed by atoms with Gasteiger partial charge in [-0.15, -0.1) is 0 Å². The molecule has 0 aliphatic carbocycles. The Balaban J connectivity index is 0. The van der Waals surface area contributed by atoms with Crippen molar-refractivity contribution in [1.82, 2.24) is 5.32 Å². The van der Waals surface area contributed by atoms with E-state index in [9.17, 15) is 0 Å². The Morgan fingerprint density at radius 2 is 2.29 bits per heavy atom. The third kappa shape index (κ3) is 10.7. The Morgan fingerprint density at radius 3 is 2.29 bits per heavy atom. The average molecular weight is 123 g/mol. The second-order valence-electron chi connectivity index (χ2n) is 0.566. The van der Waals surface area contributed by atoms with Crippen LogP contribution in [0.15, 0.2) is 0 Å². The minimum atomic E-state index is -0.238. The van der Waals surface area contributed by atoms with Crippen LogP contribution in [-0.4, -0.2) is 5.17 Å². The van der Waals surface area contributed by atoms with Gasteiger partial charge in [0.05, 0.1) is 0 Å². The third-order valence-corrected chi connectivity index (χ3v) is 0.271. The van der Waals surface area contributed by atoms with E-state index >= 15 is 0 Å². The number of hydrogen-bond donors (Lipinski definition) is 2. The van der Waals surface area contributed by atoms with Crippen molar-refractivity contribution in [1.29, 1.82) is 10.7 Å². The first-order valence-electron chi connectivity index (χ1n) is 1.18. The molecule has 5 heteroatoms. The summed E-state index contributed by atoms with van der Waals surface area (Å²) >= 11 is 4.13. The molecule has 0 saturated heterocycles. The molecule has 0 amide bonds. The molecule has 0 bridgehead atoms. The van der Waals surface area contributed by atoms with E-state index in [-0.39, 0.29) is 34.7 Å². The van der Waals surface area contributed by atoms with Gasteiger partial charge >= 0.3 is 29.6 Å². The number of amidine groups is 1. The summed E-state index contributed by atoms with van der Waals surface area (Å²) in [6.45, 7) is 0. The number of nitriles is 1. The molecular formula is C2H2N3NaS. The SMILES string of the molecule is N#CNC(=N)[S-].[Na+]. The first kappa shape index (κ1) is 10.2. The number of hydrogen-bond acceptors (Lipinski definition) is 3. The maximum atomic E-state index is 7.67. The van der Waals surface area contributed by atoms with Crippen LogP contribution < -0.4 is 34.9 Å². The fourth-order valence-electron chi connectivity index (χ4n) is 0.0508. The van der Waals surface area contributed by atoms with Crippen molar-refractivity contribution in [2.45, 2.75) is 0 Å². The zero-order valence-corrected chi connectivity index (χ0v) is 6.67. The number of rotatable bonds is 0. The molecule has 7 heavy (non-hydrogen) atoms. The van der Waals surface area contributed by atoms with Crippen LogP contribution in [0.3, 0.4) is 0 Å². The van der Waals surface area contributed by atoms with Crippen LogP contribution in [-0.2, 0) is 12.6 Å². The molecule has 0 aliphatic rings. The van der Waals surface area contributed by atoms with Gasteiger partial charge in [0.2, 0.25) is 0 Å². The van der Waals surface area contributed by atoms with Gasteiger partial charge in [-0.25, -0.2) is 0 Å².